The Morgan fingerprint density at radius 1 is 0.844 bits per heavy atom. The fourth-order valence-corrected chi connectivity index (χ4v) is 6.92. The number of fused-ring (bicyclic) bond motifs is 2. The second-order valence-electron chi connectivity index (χ2n) is 12.8. The number of carboxylic acids is 1. The first-order chi connectivity index (χ1) is 21.6. The van der Waals surface area contributed by atoms with Crippen LogP contribution in [0.2, 0.25) is 0 Å². The first kappa shape index (κ1) is 35.8. The molecule has 0 spiro atoms. The van der Waals surface area contributed by atoms with Crippen LogP contribution in [0.5, 0.6) is 0 Å². The average Bonchev–Trinajstić information content (AvgIpc) is 3.38. The molecule has 0 unspecified atom stereocenters. The third-order valence-electron chi connectivity index (χ3n) is 9.22. The molecule has 0 saturated heterocycles. The minimum Gasteiger partial charge on any atom is -0.481 e. The van der Waals surface area contributed by atoms with E-state index in [1.54, 1.807) is 0 Å². The summed E-state index contributed by atoms with van der Waals surface area (Å²) in [4.78, 5) is 13.4. The highest BCUT2D eigenvalue weighted by atomic mass is 16.4. The zero-order valence-electron chi connectivity index (χ0n) is 29.4. The molecule has 242 valence electrons. The number of unbranched alkanes of at least 4 members (excludes halogenated alkanes) is 2. The largest absolute Gasteiger partial charge is 0.481 e. The Bertz CT molecular complexity index is 1480. The number of para-hydroxylation sites is 2. The third-order valence-corrected chi connectivity index (χ3v) is 9.22. The highest BCUT2D eigenvalue weighted by Gasteiger charge is 2.42. The van der Waals surface area contributed by atoms with Gasteiger partial charge in [-0.1, -0.05) is 103 Å². The van der Waals surface area contributed by atoms with Crippen molar-refractivity contribution in [2.24, 2.45) is 0 Å². The van der Waals surface area contributed by atoms with E-state index in [2.05, 4.69) is 123 Å². The molecule has 4 heteroatoms. The van der Waals surface area contributed by atoms with Gasteiger partial charge < -0.3 is 10.0 Å². The van der Waals surface area contributed by atoms with Crippen LogP contribution in [-0.4, -0.2) is 35.0 Å². The van der Waals surface area contributed by atoms with Crippen LogP contribution in [0.4, 0.5) is 11.4 Å². The standard InChI is InChI=1S/C37H44N2O2.2C2H6/c1-36(2)29-16-8-10-18-31(29)38(5)33(36)23-21-27-14-13-15-28(26-27)22-24-34-37(3,4)30-17-9-11-19-32(30)39(34)25-12-6-7-20-35(40)41;2*1-2/h8-11,16-19,21-24,26H,6-7,12-15,20,25H2,1-5H3;2*1-2H3/p+1. The zero-order valence-corrected chi connectivity index (χ0v) is 29.4. The molecule has 0 radical (unpaired) electrons. The highest BCUT2D eigenvalue weighted by molar-refractivity contribution is 6.03. The number of aliphatic carboxylic acids is 1. The number of rotatable bonds is 9. The number of carboxylic acid groups (broad SMARTS) is 1. The van der Waals surface area contributed by atoms with Gasteiger partial charge in [0, 0.05) is 47.5 Å². The number of anilines is 1. The van der Waals surface area contributed by atoms with Crippen molar-refractivity contribution in [3.8, 4) is 0 Å². The molecule has 1 aliphatic carbocycles. The van der Waals surface area contributed by atoms with Crippen molar-refractivity contribution in [3.05, 3.63) is 107 Å². The summed E-state index contributed by atoms with van der Waals surface area (Å²) in [5.74, 6) is -0.706. The number of benzene rings is 2. The van der Waals surface area contributed by atoms with Gasteiger partial charge in [0.2, 0.25) is 5.69 Å². The lowest BCUT2D eigenvalue weighted by Crippen LogP contribution is -2.27. The monoisotopic (exact) mass is 609 g/mol. The minimum absolute atomic E-state index is 0.0136. The van der Waals surface area contributed by atoms with Crippen LogP contribution in [0.1, 0.15) is 111 Å². The van der Waals surface area contributed by atoms with Crippen LogP contribution in [-0.2, 0) is 15.6 Å². The molecule has 2 aromatic carbocycles. The fraction of sp³-hybridized carbons (Fsp3) is 0.463. The molecule has 0 bridgehead atoms. The highest BCUT2D eigenvalue weighted by Crippen LogP contribution is 2.48. The van der Waals surface area contributed by atoms with E-state index in [1.165, 1.54) is 45.1 Å². The smallest absolute Gasteiger partial charge is 0.303 e. The normalized spacial score (nSPS) is 19.5. The number of hydrogen-bond donors (Lipinski definition) is 1. The summed E-state index contributed by atoms with van der Waals surface area (Å²) in [5, 5.41) is 9.00. The second kappa shape index (κ2) is 16.1. The van der Waals surface area contributed by atoms with Crippen LogP contribution >= 0.6 is 0 Å². The number of carbonyl (C=O) groups is 1. The van der Waals surface area contributed by atoms with E-state index in [0.29, 0.717) is 0 Å². The first-order valence-electron chi connectivity index (χ1n) is 17.2. The molecule has 2 aromatic rings. The SMILES string of the molecule is CC.CC.C[N+]1=C(/C=C/C2=CC(=C/C=C3/N(CCCCCC(=O)O)c4ccccc4C3(C)C)/CCC2)C(C)(C)c2ccccc21. The van der Waals surface area contributed by atoms with Gasteiger partial charge in [-0.05, 0) is 74.8 Å². The molecule has 0 saturated carbocycles. The Labute approximate surface area is 273 Å². The number of allylic oxidation sites excluding steroid dienone is 8. The minimum atomic E-state index is -0.706. The molecule has 4 nitrogen and oxygen atoms in total. The van der Waals surface area contributed by atoms with Gasteiger partial charge in [-0.25, -0.2) is 0 Å². The van der Waals surface area contributed by atoms with E-state index in [9.17, 15) is 4.79 Å². The van der Waals surface area contributed by atoms with Gasteiger partial charge in [0.25, 0.3) is 0 Å². The van der Waals surface area contributed by atoms with Crippen molar-refractivity contribution in [2.45, 2.75) is 111 Å². The van der Waals surface area contributed by atoms with Crippen molar-refractivity contribution in [1.29, 1.82) is 0 Å². The molecule has 0 aromatic heterocycles. The summed E-state index contributed by atoms with van der Waals surface area (Å²) >= 11 is 0. The van der Waals surface area contributed by atoms with Gasteiger partial charge >= 0.3 is 5.97 Å². The predicted octanol–water partition coefficient (Wildman–Crippen LogP) is 10.7. The van der Waals surface area contributed by atoms with Crippen molar-refractivity contribution >= 4 is 23.1 Å². The van der Waals surface area contributed by atoms with E-state index in [1.807, 2.05) is 27.7 Å². The summed E-state index contributed by atoms with van der Waals surface area (Å²) in [5.41, 5.74) is 10.7. The molecular formula is C41H57N2O2+. The summed E-state index contributed by atoms with van der Waals surface area (Å²) < 4.78 is 2.34. The van der Waals surface area contributed by atoms with Crippen LogP contribution in [0.25, 0.3) is 0 Å². The first-order valence-corrected chi connectivity index (χ1v) is 17.2. The van der Waals surface area contributed by atoms with E-state index < -0.39 is 5.97 Å². The van der Waals surface area contributed by atoms with Crippen molar-refractivity contribution < 1.29 is 14.5 Å². The maximum atomic E-state index is 10.9. The lowest BCUT2D eigenvalue weighted by molar-refractivity contribution is -0.401. The van der Waals surface area contributed by atoms with Crippen molar-refractivity contribution in [2.75, 3.05) is 18.5 Å². The molecule has 0 amide bonds. The molecule has 2 aliphatic heterocycles. The van der Waals surface area contributed by atoms with Crippen LogP contribution < -0.4 is 4.90 Å². The molecule has 0 atom stereocenters. The van der Waals surface area contributed by atoms with E-state index in [0.717, 1.165) is 45.1 Å². The maximum Gasteiger partial charge on any atom is 0.303 e. The van der Waals surface area contributed by atoms with Crippen LogP contribution in [0.15, 0.2) is 95.8 Å². The van der Waals surface area contributed by atoms with Crippen LogP contribution in [0, 0.1) is 0 Å². The second-order valence-corrected chi connectivity index (χ2v) is 12.8. The average molecular weight is 610 g/mol. The fourth-order valence-electron chi connectivity index (χ4n) is 6.92. The van der Waals surface area contributed by atoms with Crippen LogP contribution in [0.3, 0.4) is 0 Å². The number of hydrogen-bond acceptors (Lipinski definition) is 2. The Balaban J connectivity index is 0.00000133. The van der Waals surface area contributed by atoms with Gasteiger partial charge in [-0.2, -0.15) is 4.58 Å². The van der Waals surface area contributed by atoms with Gasteiger partial charge in [0.1, 0.15) is 7.05 Å². The van der Waals surface area contributed by atoms with Gasteiger partial charge in [0.05, 0.1) is 5.41 Å². The Hall–Kier alpha value is -3.66. The summed E-state index contributed by atoms with van der Waals surface area (Å²) in [7, 11) is 2.18. The number of nitrogens with zero attached hydrogens (tertiary/aromatic N) is 2. The third kappa shape index (κ3) is 7.95. The molecule has 0 fully saturated rings. The maximum absolute atomic E-state index is 10.9. The van der Waals surface area contributed by atoms with Crippen molar-refractivity contribution in [1.82, 2.24) is 0 Å². The Kier molecular flexibility index (Phi) is 12.8. The van der Waals surface area contributed by atoms with E-state index in [4.69, 9.17) is 5.11 Å². The van der Waals surface area contributed by atoms with Gasteiger partial charge in [-0.3, -0.25) is 4.79 Å². The van der Waals surface area contributed by atoms with Gasteiger partial charge in [-0.15, -0.1) is 0 Å². The summed E-state index contributed by atoms with van der Waals surface area (Å²) in [6.45, 7) is 18.2. The van der Waals surface area contributed by atoms with E-state index in [-0.39, 0.29) is 17.3 Å². The topological polar surface area (TPSA) is 43.5 Å². The molecule has 45 heavy (non-hydrogen) atoms. The zero-order chi connectivity index (χ0) is 33.2. The van der Waals surface area contributed by atoms with Crippen molar-refractivity contribution in [3.63, 3.8) is 0 Å². The lowest BCUT2D eigenvalue weighted by Gasteiger charge is -2.27. The Morgan fingerprint density at radius 3 is 2.20 bits per heavy atom. The summed E-state index contributed by atoms with van der Waals surface area (Å²) in [6, 6.07) is 17.5. The molecule has 2 heterocycles. The molecule has 5 rings (SSSR count). The molecular weight excluding hydrogens is 552 g/mol. The Morgan fingerprint density at radius 2 is 1.51 bits per heavy atom. The van der Waals surface area contributed by atoms with E-state index >= 15 is 0 Å². The lowest BCUT2D eigenvalue weighted by atomic mass is 9.81. The molecule has 1 N–H and O–H groups in total. The predicted molar refractivity (Wildman–Crippen MR) is 193 cm³/mol. The quantitative estimate of drug-likeness (QED) is 0.227. The molecule has 3 aliphatic rings. The van der Waals surface area contributed by atoms with Gasteiger partial charge in [0.15, 0.2) is 5.71 Å². The summed E-state index contributed by atoms with van der Waals surface area (Å²) in [6.07, 6.45) is 18.0.